The zero-order valence-corrected chi connectivity index (χ0v) is 11.2. The molecule has 0 unspecified atom stereocenters. The normalized spacial score (nSPS) is 10.2. The zero-order valence-electron chi connectivity index (χ0n) is 10.4. The first-order valence-electron chi connectivity index (χ1n) is 5.65. The lowest BCUT2D eigenvalue weighted by atomic mass is 10.1. The van der Waals surface area contributed by atoms with Crippen LogP contribution in [0.3, 0.4) is 0 Å². The van der Waals surface area contributed by atoms with Crippen LogP contribution in [0.4, 0.5) is 0 Å². The molecule has 1 aromatic carbocycles. The van der Waals surface area contributed by atoms with E-state index in [0.29, 0.717) is 23.6 Å². The van der Waals surface area contributed by atoms with Gasteiger partial charge in [0.2, 0.25) is 0 Å². The summed E-state index contributed by atoms with van der Waals surface area (Å²) in [6, 6.07) is 5.16. The Hall–Kier alpha value is -1.55. The van der Waals surface area contributed by atoms with Crippen molar-refractivity contribution < 1.29 is 14.7 Å². The van der Waals surface area contributed by atoms with Gasteiger partial charge in [-0.05, 0) is 31.0 Å². The highest BCUT2D eigenvalue weighted by atomic mass is 35.5. The Kier molecular flexibility index (Phi) is 5.16. The standard InChI is InChI=1S/C13H16ClNO3/c1-9-5-6-10(14)8-11(9)13(18)15(2)7-3-4-12(16)17/h5-6,8H,3-4,7H2,1-2H3,(H,16,17). The number of hydrogen-bond acceptors (Lipinski definition) is 2. The van der Waals surface area contributed by atoms with Crippen molar-refractivity contribution in [1.82, 2.24) is 4.90 Å². The van der Waals surface area contributed by atoms with Crippen LogP contribution in [-0.4, -0.2) is 35.5 Å². The molecule has 0 atom stereocenters. The van der Waals surface area contributed by atoms with Gasteiger partial charge in [0.1, 0.15) is 0 Å². The molecule has 1 N–H and O–H groups in total. The highest BCUT2D eigenvalue weighted by Gasteiger charge is 2.14. The molecular weight excluding hydrogens is 254 g/mol. The molecule has 0 radical (unpaired) electrons. The second kappa shape index (κ2) is 6.40. The number of nitrogens with zero attached hydrogens (tertiary/aromatic N) is 1. The van der Waals surface area contributed by atoms with Crippen LogP contribution in [0.1, 0.15) is 28.8 Å². The molecule has 4 nitrogen and oxygen atoms in total. The van der Waals surface area contributed by atoms with Crippen LogP contribution in [0.15, 0.2) is 18.2 Å². The maximum Gasteiger partial charge on any atom is 0.303 e. The second-order valence-corrected chi connectivity index (χ2v) is 4.62. The minimum Gasteiger partial charge on any atom is -0.481 e. The highest BCUT2D eigenvalue weighted by Crippen LogP contribution is 2.17. The fourth-order valence-electron chi connectivity index (χ4n) is 1.60. The lowest BCUT2D eigenvalue weighted by Gasteiger charge is -2.18. The molecule has 0 heterocycles. The van der Waals surface area contributed by atoms with Crippen molar-refractivity contribution in [2.45, 2.75) is 19.8 Å². The summed E-state index contributed by atoms with van der Waals surface area (Å²) in [5, 5.41) is 9.06. The molecule has 0 aliphatic rings. The van der Waals surface area contributed by atoms with Gasteiger partial charge < -0.3 is 10.0 Å². The number of carboxylic acid groups (broad SMARTS) is 1. The Bertz CT molecular complexity index is 460. The number of rotatable bonds is 5. The zero-order chi connectivity index (χ0) is 13.7. The predicted molar refractivity (Wildman–Crippen MR) is 70.0 cm³/mol. The lowest BCUT2D eigenvalue weighted by molar-refractivity contribution is -0.137. The van der Waals surface area contributed by atoms with Gasteiger partial charge in [-0.25, -0.2) is 0 Å². The highest BCUT2D eigenvalue weighted by molar-refractivity contribution is 6.31. The minimum atomic E-state index is -0.852. The number of aliphatic carboxylic acids is 1. The van der Waals surface area contributed by atoms with Gasteiger partial charge in [-0.3, -0.25) is 9.59 Å². The largest absolute Gasteiger partial charge is 0.481 e. The maximum absolute atomic E-state index is 12.1. The summed E-state index contributed by atoms with van der Waals surface area (Å²) < 4.78 is 0. The van der Waals surface area contributed by atoms with Gasteiger partial charge in [-0.2, -0.15) is 0 Å². The van der Waals surface area contributed by atoms with Gasteiger partial charge in [0.05, 0.1) is 0 Å². The molecule has 18 heavy (non-hydrogen) atoms. The summed E-state index contributed by atoms with van der Waals surface area (Å²) >= 11 is 5.86. The van der Waals surface area contributed by atoms with E-state index >= 15 is 0 Å². The fourth-order valence-corrected chi connectivity index (χ4v) is 1.77. The van der Waals surface area contributed by atoms with Gasteiger partial charge in [0.15, 0.2) is 0 Å². The molecule has 1 rings (SSSR count). The molecular formula is C13H16ClNO3. The third-order valence-electron chi connectivity index (χ3n) is 2.66. The van der Waals surface area contributed by atoms with Crippen molar-refractivity contribution in [3.63, 3.8) is 0 Å². The first-order valence-corrected chi connectivity index (χ1v) is 6.03. The smallest absolute Gasteiger partial charge is 0.303 e. The van der Waals surface area contributed by atoms with E-state index in [1.807, 2.05) is 6.92 Å². The van der Waals surface area contributed by atoms with Gasteiger partial charge in [0.25, 0.3) is 5.91 Å². The molecule has 0 bridgehead atoms. The van der Waals surface area contributed by atoms with E-state index in [0.717, 1.165) is 5.56 Å². The maximum atomic E-state index is 12.1. The second-order valence-electron chi connectivity index (χ2n) is 4.18. The van der Waals surface area contributed by atoms with Crippen molar-refractivity contribution in [1.29, 1.82) is 0 Å². The number of amides is 1. The molecule has 0 fully saturated rings. The van der Waals surface area contributed by atoms with E-state index < -0.39 is 5.97 Å². The van der Waals surface area contributed by atoms with E-state index in [-0.39, 0.29) is 12.3 Å². The lowest BCUT2D eigenvalue weighted by Crippen LogP contribution is -2.28. The van der Waals surface area contributed by atoms with Crippen LogP contribution < -0.4 is 0 Å². The Balaban J connectivity index is 2.68. The Morgan fingerprint density at radius 3 is 2.67 bits per heavy atom. The average Bonchev–Trinajstić information content (AvgIpc) is 2.30. The summed E-state index contributed by atoms with van der Waals surface area (Å²) in [6.45, 7) is 2.26. The van der Waals surface area contributed by atoms with Crippen molar-refractivity contribution in [2.75, 3.05) is 13.6 Å². The molecule has 0 aromatic heterocycles. The number of aryl methyl sites for hydroxylation is 1. The van der Waals surface area contributed by atoms with E-state index in [1.165, 1.54) is 4.90 Å². The summed E-state index contributed by atoms with van der Waals surface area (Å²) in [6.07, 6.45) is 0.503. The van der Waals surface area contributed by atoms with E-state index in [4.69, 9.17) is 16.7 Å². The SMILES string of the molecule is Cc1ccc(Cl)cc1C(=O)N(C)CCCC(=O)O. The van der Waals surface area contributed by atoms with Crippen LogP contribution in [-0.2, 0) is 4.79 Å². The molecule has 0 spiro atoms. The van der Waals surface area contributed by atoms with Crippen molar-refractivity contribution in [2.24, 2.45) is 0 Å². The fraction of sp³-hybridized carbons (Fsp3) is 0.385. The number of carbonyl (C=O) groups is 2. The third kappa shape index (κ3) is 4.04. The minimum absolute atomic E-state index is 0.0617. The quantitative estimate of drug-likeness (QED) is 0.894. The van der Waals surface area contributed by atoms with Crippen LogP contribution in [0.2, 0.25) is 5.02 Å². The first-order chi connectivity index (χ1) is 8.41. The number of carbonyl (C=O) groups excluding carboxylic acids is 1. The van der Waals surface area contributed by atoms with Crippen molar-refractivity contribution >= 4 is 23.5 Å². The molecule has 1 amide bonds. The first kappa shape index (κ1) is 14.5. The molecule has 5 heteroatoms. The summed E-state index contributed by atoms with van der Waals surface area (Å²) in [5.74, 6) is -0.991. The van der Waals surface area contributed by atoms with Gasteiger partial charge in [-0.1, -0.05) is 17.7 Å². The van der Waals surface area contributed by atoms with Gasteiger partial charge >= 0.3 is 5.97 Å². The number of hydrogen-bond donors (Lipinski definition) is 1. The summed E-state index contributed by atoms with van der Waals surface area (Å²) in [5.41, 5.74) is 1.41. The molecule has 0 aliphatic heterocycles. The summed E-state index contributed by atoms with van der Waals surface area (Å²) in [7, 11) is 1.66. The van der Waals surface area contributed by atoms with Gasteiger partial charge in [-0.15, -0.1) is 0 Å². The summed E-state index contributed by atoms with van der Waals surface area (Å²) in [4.78, 5) is 24.0. The van der Waals surface area contributed by atoms with Crippen LogP contribution in [0, 0.1) is 6.92 Å². The average molecular weight is 270 g/mol. The number of benzene rings is 1. The van der Waals surface area contributed by atoms with E-state index in [1.54, 1.807) is 25.2 Å². The molecule has 0 saturated carbocycles. The monoisotopic (exact) mass is 269 g/mol. The molecule has 1 aromatic rings. The third-order valence-corrected chi connectivity index (χ3v) is 2.90. The van der Waals surface area contributed by atoms with Gasteiger partial charge in [0, 0.05) is 30.6 Å². The number of halogens is 1. The van der Waals surface area contributed by atoms with Crippen molar-refractivity contribution in [3.05, 3.63) is 34.3 Å². The topological polar surface area (TPSA) is 57.6 Å². The molecule has 0 aliphatic carbocycles. The van der Waals surface area contributed by atoms with E-state index in [2.05, 4.69) is 0 Å². The Morgan fingerprint density at radius 2 is 2.06 bits per heavy atom. The Morgan fingerprint density at radius 1 is 1.39 bits per heavy atom. The van der Waals surface area contributed by atoms with Crippen LogP contribution in [0.25, 0.3) is 0 Å². The van der Waals surface area contributed by atoms with E-state index in [9.17, 15) is 9.59 Å². The van der Waals surface area contributed by atoms with Crippen LogP contribution in [0.5, 0.6) is 0 Å². The molecule has 98 valence electrons. The molecule has 0 saturated heterocycles. The van der Waals surface area contributed by atoms with Crippen LogP contribution >= 0.6 is 11.6 Å². The van der Waals surface area contributed by atoms with Crippen molar-refractivity contribution in [3.8, 4) is 0 Å². The number of carboxylic acids is 1. The Labute approximate surface area is 111 Å². The predicted octanol–water partition coefficient (Wildman–Crippen LogP) is 2.59.